The van der Waals surface area contributed by atoms with Crippen LogP contribution in [0, 0.1) is 0 Å². The van der Waals surface area contributed by atoms with Gasteiger partial charge >= 0.3 is 177 Å². The van der Waals surface area contributed by atoms with Gasteiger partial charge in [0.1, 0.15) is 40.5 Å². The Morgan fingerprint density at radius 2 is 0.783 bits per heavy atom. The Hall–Kier alpha value is 0.610. The van der Waals surface area contributed by atoms with Crippen LogP contribution >= 0.6 is 24.1 Å². The molecule has 0 radical (unpaired) electrons. The number of anilines is 6. The van der Waals surface area contributed by atoms with Gasteiger partial charge in [-0.25, -0.2) is 33.7 Å². The van der Waals surface area contributed by atoms with Gasteiger partial charge in [-0.3, -0.25) is 10.1 Å². The molecule has 24 nitrogen and oxygen atoms in total. The van der Waals surface area contributed by atoms with Crippen LogP contribution in [0.1, 0.15) is 0 Å². The zero-order chi connectivity index (χ0) is 45.5. The molecular weight excluding hydrogens is 1100 g/mol. The van der Waals surface area contributed by atoms with Crippen LogP contribution in [0.5, 0.6) is 0 Å². The van der Waals surface area contributed by atoms with Crippen LogP contribution in [-0.4, -0.2) is 66.8 Å². The van der Waals surface area contributed by atoms with Crippen LogP contribution in [0.4, 0.5) is 34.9 Å². The minimum Gasteiger partial charge on any atom is -0.744 e. The fraction of sp³-hybridized carbons (Fsp3) is 0. The summed E-state index contributed by atoms with van der Waals surface area (Å²) in [5.41, 5.74) is 0.411. The smallest absolute Gasteiger partial charge is 0.744 e. The zero-order valence-corrected chi connectivity index (χ0v) is 53.2. The van der Waals surface area contributed by atoms with Crippen molar-refractivity contribution in [2.24, 2.45) is 0 Å². The molecule has 36 heteroatoms. The first-order valence-electron chi connectivity index (χ1n) is 16.5. The Bertz CT molecular complexity index is 3440. The molecule has 1 heterocycles. The first-order valence-corrected chi connectivity index (χ1v) is 23.6. The van der Waals surface area contributed by atoms with Gasteiger partial charge < -0.3 is 44.7 Å². The van der Waals surface area contributed by atoms with Crippen LogP contribution in [0.25, 0.3) is 32.3 Å². The SMILES string of the molecule is O=S(=O)([O-])c1cc(SOO[O-])c2ccc(Nc3nc(Nc4ccc5c(S(=O)(=O)[O-])cc(SOO[O-])cc5c4)nc(Nc4ccc5c(S(=O)(=O)[O-])cc(S(=O)(=O)[O-])cc5c4)n3)cc2c1.[Na+].[Na+].[Na+].[Na+].[Na+].[Na+]. The third kappa shape index (κ3) is 17.6. The maximum Gasteiger partial charge on any atom is 1.00 e. The maximum atomic E-state index is 12.1. The number of nitrogens with zero attached hydrogens (tertiary/aromatic N) is 3. The number of benzene rings is 6. The Labute approximate surface area is 532 Å². The second kappa shape index (κ2) is 28.1. The van der Waals surface area contributed by atoms with Crippen molar-refractivity contribution in [1.82, 2.24) is 15.0 Å². The van der Waals surface area contributed by atoms with Gasteiger partial charge in [-0.1, -0.05) is 18.2 Å². The number of rotatable bonds is 16. The van der Waals surface area contributed by atoms with Crippen molar-refractivity contribution >= 4 is 132 Å². The van der Waals surface area contributed by atoms with Crippen molar-refractivity contribution in [2.45, 2.75) is 29.4 Å². The van der Waals surface area contributed by atoms with Crippen molar-refractivity contribution in [3.63, 3.8) is 0 Å². The molecule has 69 heavy (non-hydrogen) atoms. The predicted molar refractivity (Wildman–Crippen MR) is 209 cm³/mol. The van der Waals surface area contributed by atoms with Crippen molar-refractivity contribution in [2.75, 3.05) is 16.0 Å². The van der Waals surface area contributed by atoms with E-state index in [9.17, 15) is 62.4 Å². The van der Waals surface area contributed by atoms with Gasteiger partial charge in [0.25, 0.3) is 0 Å². The molecule has 0 bridgehead atoms. The summed E-state index contributed by atoms with van der Waals surface area (Å²) >= 11 is 0.660. The number of hydrogen-bond donors (Lipinski definition) is 3. The van der Waals surface area contributed by atoms with Gasteiger partial charge in [0.2, 0.25) is 17.8 Å². The topological polar surface area (TPSA) is 387 Å². The molecule has 6 aromatic carbocycles. The molecule has 7 rings (SSSR count). The average molecular weight is 1120 g/mol. The number of fused-ring (bicyclic) bond motifs is 3. The Kier molecular flexibility index (Phi) is 27.6. The molecule has 0 aliphatic heterocycles. The largest absolute Gasteiger partial charge is 1.00 e. The van der Waals surface area contributed by atoms with E-state index >= 15 is 0 Å². The standard InChI is InChI=1S/C33H24N6O18S6.6Na/c40-54-56-58-22-10-16-7-20(2-5-26(16)29(13-22)62(48,49)50)35-32-37-31(34-19-1-4-25-17(8-19)11-23(60(42,43)44)14-28(25)59-57-55-41)38-33(39-32)36-21-3-6-27-18(9-21)12-24(61(45,46)47)15-30(27)63(51,52)53;;;;;;/h1-15,40-41H,(H,42,43,44)(H,45,46,47)(H,48,49,50)(H,51,52,53)(H3,34,35,36,37,38,39);;;;;;/q;6*+1/p-6. The third-order valence-electron chi connectivity index (χ3n) is 8.49. The molecule has 0 amide bonds. The second-order valence-corrected chi connectivity index (χ2v) is 19.5. The average Bonchev–Trinajstić information content (AvgIpc) is 3.19. The number of aromatic nitrogens is 3. The van der Waals surface area contributed by atoms with E-state index in [0.29, 0.717) is 35.5 Å². The summed E-state index contributed by atoms with van der Waals surface area (Å²) in [5, 5.41) is 36.4. The van der Waals surface area contributed by atoms with Crippen LogP contribution in [0.3, 0.4) is 0 Å². The quantitative estimate of drug-likeness (QED) is 0.0266. The summed E-state index contributed by atoms with van der Waals surface area (Å²) in [6.45, 7) is 0. The van der Waals surface area contributed by atoms with Crippen molar-refractivity contribution in [3.8, 4) is 0 Å². The van der Waals surface area contributed by atoms with Gasteiger partial charge in [0.15, 0.2) is 0 Å². The summed E-state index contributed by atoms with van der Waals surface area (Å²) < 4.78 is 152. The second-order valence-electron chi connectivity index (χ2n) is 12.5. The van der Waals surface area contributed by atoms with Crippen molar-refractivity contribution in [1.29, 1.82) is 0 Å². The Morgan fingerprint density at radius 1 is 0.420 bits per heavy atom. The molecule has 1 aromatic heterocycles. The van der Waals surface area contributed by atoms with Crippen LogP contribution in [0.2, 0.25) is 0 Å². The Morgan fingerprint density at radius 3 is 1.19 bits per heavy atom. The van der Waals surface area contributed by atoms with Crippen molar-refractivity contribution in [3.05, 3.63) is 91.0 Å². The first-order chi connectivity index (χ1) is 29.6. The molecular formula is C33H18N6Na6O18S6. The number of hydrogen-bond acceptors (Lipinski definition) is 26. The summed E-state index contributed by atoms with van der Waals surface area (Å²) in [5.74, 6) is -0.760. The van der Waals surface area contributed by atoms with Crippen LogP contribution < -0.4 is 204 Å². The number of nitrogens with one attached hydrogen (secondary N) is 3. The van der Waals surface area contributed by atoms with Gasteiger partial charge in [-0.05, 0) is 105 Å². The van der Waals surface area contributed by atoms with E-state index in [-0.39, 0.29) is 249 Å². The molecule has 0 spiro atoms. The van der Waals surface area contributed by atoms with E-state index in [0.717, 1.165) is 30.3 Å². The molecule has 0 saturated carbocycles. The van der Waals surface area contributed by atoms with E-state index in [1.807, 2.05) is 0 Å². The maximum absolute atomic E-state index is 12.1. The third-order valence-corrected chi connectivity index (χ3v) is 13.1. The van der Waals surface area contributed by atoms with Crippen molar-refractivity contribution < 1.29 is 258 Å². The molecule has 0 aliphatic rings. The van der Waals surface area contributed by atoms with Gasteiger partial charge in [-0.15, -0.1) is 0 Å². The molecule has 0 unspecified atom stereocenters. The first kappa shape index (κ1) is 67.6. The Balaban J connectivity index is 0.00000397. The molecule has 0 atom stereocenters. The molecule has 3 N–H and O–H groups in total. The summed E-state index contributed by atoms with van der Waals surface area (Å²) in [6.07, 6.45) is 0. The van der Waals surface area contributed by atoms with Gasteiger partial charge in [-0.2, -0.15) is 23.6 Å². The van der Waals surface area contributed by atoms with Crippen LogP contribution in [-0.2, 0) is 59.2 Å². The summed E-state index contributed by atoms with van der Waals surface area (Å²) in [4.78, 5) is 9.72. The fourth-order valence-electron chi connectivity index (χ4n) is 6.01. The zero-order valence-electron chi connectivity index (χ0n) is 36.3. The molecule has 0 saturated heterocycles. The van der Waals surface area contributed by atoms with E-state index in [4.69, 9.17) is 0 Å². The van der Waals surface area contributed by atoms with E-state index in [1.54, 1.807) is 0 Å². The van der Waals surface area contributed by atoms with E-state index in [1.165, 1.54) is 54.6 Å². The monoisotopic (exact) mass is 1120 g/mol. The summed E-state index contributed by atoms with van der Waals surface area (Å²) in [6, 6.07) is 17.6. The fourth-order valence-corrected chi connectivity index (χ4v) is 9.76. The minimum absolute atomic E-state index is 0. The van der Waals surface area contributed by atoms with Gasteiger partial charge in [0.05, 0.1) is 43.7 Å². The molecule has 0 aliphatic carbocycles. The molecule has 7 aromatic rings. The summed E-state index contributed by atoms with van der Waals surface area (Å²) in [7, 11) is -20.6. The van der Waals surface area contributed by atoms with E-state index < -0.39 is 60.1 Å². The van der Waals surface area contributed by atoms with Gasteiger partial charge in [0, 0.05) is 26.9 Å². The van der Waals surface area contributed by atoms with Crippen LogP contribution in [0.15, 0.2) is 120 Å². The van der Waals surface area contributed by atoms with E-state index in [2.05, 4.69) is 49.6 Å². The molecule has 330 valence electrons. The molecule has 0 fully saturated rings. The normalized spacial score (nSPS) is 11.4. The minimum atomic E-state index is -5.28. The predicted octanol–water partition coefficient (Wildman–Crippen LogP) is -15.3.